The van der Waals surface area contributed by atoms with Crippen LogP contribution >= 0.6 is 0 Å². The SMILES string of the molecule is COc1ccc(OC)c(CNCCc2ccnn2C)c1. The topological polar surface area (TPSA) is 48.3 Å². The fourth-order valence-corrected chi connectivity index (χ4v) is 2.11. The van der Waals surface area contributed by atoms with Crippen LogP contribution < -0.4 is 14.8 Å². The normalized spacial score (nSPS) is 10.6. The van der Waals surface area contributed by atoms with Crippen molar-refractivity contribution in [2.75, 3.05) is 20.8 Å². The number of benzene rings is 1. The van der Waals surface area contributed by atoms with Gasteiger partial charge < -0.3 is 14.8 Å². The summed E-state index contributed by atoms with van der Waals surface area (Å²) in [7, 11) is 5.31. The summed E-state index contributed by atoms with van der Waals surface area (Å²) in [5, 5.41) is 7.57. The summed E-state index contributed by atoms with van der Waals surface area (Å²) < 4.78 is 12.5. The molecule has 1 N–H and O–H groups in total. The minimum atomic E-state index is 0.748. The van der Waals surface area contributed by atoms with Crippen LogP contribution in [0.4, 0.5) is 0 Å². The Balaban J connectivity index is 1.88. The molecule has 2 rings (SSSR count). The first-order valence-electron chi connectivity index (χ1n) is 6.63. The van der Waals surface area contributed by atoms with Gasteiger partial charge in [0.2, 0.25) is 0 Å². The average molecular weight is 275 g/mol. The second-order valence-electron chi connectivity index (χ2n) is 4.55. The van der Waals surface area contributed by atoms with Gasteiger partial charge in [0.05, 0.1) is 14.2 Å². The van der Waals surface area contributed by atoms with E-state index in [0.717, 1.165) is 36.6 Å². The van der Waals surface area contributed by atoms with Gasteiger partial charge in [0, 0.05) is 44.0 Å². The van der Waals surface area contributed by atoms with Crippen LogP contribution in [0.3, 0.4) is 0 Å². The van der Waals surface area contributed by atoms with Crippen molar-refractivity contribution in [3.63, 3.8) is 0 Å². The van der Waals surface area contributed by atoms with E-state index in [1.807, 2.05) is 42.2 Å². The molecule has 5 heteroatoms. The van der Waals surface area contributed by atoms with Crippen LogP contribution in [0.2, 0.25) is 0 Å². The van der Waals surface area contributed by atoms with E-state index in [1.165, 1.54) is 5.69 Å². The number of ether oxygens (including phenoxy) is 2. The van der Waals surface area contributed by atoms with Gasteiger partial charge in [0.15, 0.2) is 0 Å². The fourth-order valence-electron chi connectivity index (χ4n) is 2.11. The first kappa shape index (κ1) is 14.4. The first-order valence-corrected chi connectivity index (χ1v) is 6.63. The number of nitrogens with zero attached hydrogens (tertiary/aromatic N) is 2. The largest absolute Gasteiger partial charge is 0.497 e. The molecule has 0 spiro atoms. The van der Waals surface area contributed by atoms with Gasteiger partial charge in [-0.1, -0.05) is 0 Å². The summed E-state index contributed by atoms with van der Waals surface area (Å²) in [5.41, 5.74) is 2.31. The zero-order valence-corrected chi connectivity index (χ0v) is 12.2. The summed E-state index contributed by atoms with van der Waals surface area (Å²) in [4.78, 5) is 0. The number of rotatable bonds is 7. The molecule has 0 saturated heterocycles. The Morgan fingerprint density at radius 3 is 2.70 bits per heavy atom. The molecule has 0 radical (unpaired) electrons. The van der Waals surface area contributed by atoms with E-state index in [4.69, 9.17) is 9.47 Å². The minimum absolute atomic E-state index is 0.748. The Morgan fingerprint density at radius 1 is 1.20 bits per heavy atom. The molecule has 20 heavy (non-hydrogen) atoms. The monoisotopic (exact) mass is 275 g/mol. The Morgan fingerprint density at radius 2 is 2.05 bits per heavy atom. The quantitative estimate of drug-likeness (QED) is 0.782. The predicted molar refractivity (Wildman–Crippen MR) is 78.2 cm³/mol. The van der Waals surface area contributed by atoms with Gasteiger partial charge in [0.25, 0.3) is 0 Å². The molecule has 0 saturated carbocycles. The average Bonchev–Trinajstić information content (AvgIpc) is 2.88. The molecule has 1 aromatic carbocycles. The smallest absolute Gasteiger partial charge is 0.123 e. The maximum Gasteiger partial charge on any atom is 0.123 e. The number of aryl methyl sites for hydroxylation is 1. The minimum Gasteiger partial charge on any atom is -0.497 e. The van der Waals surface area contributed by atoms with Crippen molar-refractivity contribution in [2.45, 2.75) is 13.0 Å². The molecule has 2 aromatic rings. The summed E-state index contributed by atoms with van der Waals surface area (Å²) in [6.07, 6.45) is 2.77. The predicted octanol–water partition coefficient (Wildman–Crippen LogP) is 1.77. The molecule has 0 fully saturated rings. The lowest BCUT2D eigenvalue weighted by molar-refractivity contribution is 0.397. The van der Waals surface area contributed by atoms with Crippen molar-refractivity contribution in [1.82, 2.24) is 15.1 Å². The maximum atomic E-state index is 5.36. The van der Waals surface area contributed by atoms with Gasteiger partial charge in [-0.2, -0.15) is 5.10 Å². The second kappa shape index (κ2) is 6.96. The van der Waals surface area contributed by atoms with E-state index >= 15 is 0 Å². The maximum absolute atomic E-state index is 5.36. The van der Waals surface area contributed by atoms with Gasteiger partial charge in [-0.3, -0.25) is 4.68 Å². The van der Waals surface area contributed by atoms with E-state index in [0.29, 0.717) is 0 Å². The molecule has 1 heterocycles. The third kappa shape index (κ3) is 3.51. The number of aromatic nitrogens is 2. The van der Waals surface area contributed by atoms with Gasteiger partial charge in [-0.05, 0) is 24.3 Å². The highest BCUT2D eigenvalue weighted by Gasteiger charge is 2.05. The molecule has 1 aromatic heterocycles. The van der Waals surface area contributed by atoms with E-state index in [1.54, 1.807) is 14.2 Å². The third-order valence-corrected chi connectivity index (χ3v) is 3.28. The Labute approximate surface area is 119 Å². The third-order valence-electron chi connectivity index (χ3n) is 3.28. The molecular formula is C15H21N3O2. The van der Waals surface area contributed by atoms with Crippen molar-refractivity contribution in [3.05, 3.63) is 41.7 Å². The summed E-state index contributed by atoms with van der Waals surface area (Å²) in [6, 6.07) is 7.86. The molecule has 0 aliphatic heterocycles. The number of hydrogen-bond acceptors (Lipinski definition) is 4. The van der Waals surface area contributed by atoms with E-state index in [-0.39, 0.29) is 0 Å². The number of hydrogen-bond donors (Lipinski definition) is 1. The summed E-state index contributed by atoms with van der Waals surface area (Å²) in [6.45, 7) is 1.64. The molecule has 108 valence electrons. The Hall–Kier alpha value is -2.01. The molecule has 0 amide bonds. The lowest BCUT2D eigenvalue weighted by Crippen LogP contribution is -2.18. The van der Waals surface area contributed by atoms with Crippen LogP contribution in [0.15, 0.2) is 30.5 Å². The fraction of sp³-hybridized carbons (Fsp3) is 0.400. The zero-order chi connectivity index (χ0) is 14.4. The van der Waals surface area contributed by atoms with Gasteiger partial charge >= 0.3 is 0 Å². The van der Waals surface area contributed by atoms with Crippen molar-refractivity contribution in [1.29, 1.82) is 0 Å². The molecule has 0 unspecified atom stereocenters. The van der Waals surface area contributed by atoms with Crippen molar-refractivity contribution >= 4 is 0 Å². The highest BCUT2D eigenvalue weighted by molar-refractivity contribution is 5.40. The van der Waals surface area contributed by atoms with Crippen LogP contribution in [0, 0.1) is 0 Å². The van der Waals surface area contributed by atoms with Gasteiger partial charge in [-0.25, -0.2) is 0 Å². The second-order valence-corrected chi connectivity index (χ2v) is 4.55. The Bertz CT molecular complexity index is 552. The van der Waals surface area contributed by atoms with E-state index < -0.39 is 0 Å². The summed E-state index contributed by atoms with van der Waals surface area (Å²) >= 11 is 0. The van der Waals surface area contributed by atoms with Crippen molar-refractivity contribution in [2.24, 2.45) is 7.05 Å². The van der Waals surface area contributed by atoms with Crippen LogP contribution in [-0.4, -0.2) is 30.5 Å². The van der Waals surface area contributed by atoms with E-state index in [2.05, 4.69) is 10.4 Å². The van der Waals surface area contributed by atoms with Gasteiger partial charge in [-0.15, -0.1) is 0 Å². The van der Waals surface area contributed by atoms with Gasteiger partial charge in [0.1, 0.15) is 11.5 Å². The van der Waals surface area contributed by atoms with Crippen molar-refractivity contribution in [3.8, 4) is 11.5 Å². The zero-order valence-electron chi connectivity index (χ0n) is 12.2. The van der Waals surface area contributed by atoms with E-state index in [9.17, 15) is 0 Å². The highest BCUT2D eigenvalue weighted by atomic mass is 16.5. The lowest BCUT2D eigenvalue weighted by Gasteiger charge is -2.11. The molecule has 0 bridgehead atoms. The molecule has 0 atom stereocenters. The molecule has 0 aliphatic rings. The van der Waals surface area contributed by atoms with Crippen LogP contribution in [0.25, 0.3) is 0 Å². The number of methoxy groups -OCH3 is 2. The van der Waals surface area contributed by atoms with Crippen molar-refractivity contribution < 1.29 is 9.47 Å². The highest BCUT2D eigenvalue weighted by Crippen LogP contribution is 2.23. The van der Waals surface area contributed by atoms with Crippen LogP contribution in [0.5, 0.6) is 11.5 Å². The molecular weight excluding hydrogens is 254 g/mol. The molecule has 0 aliphatic carbocycles. The number of nitrogens with one attached hydrogen (secondary N) is 1. The molecule has 5 nitrogen and oxygen atoms in total. The van der Waals surface area contributed by atoms with Crippen LogP contribution in [-0.2, 0) is 20.0 Å². The summed E-state index contributed by atoms with van der Waals surface area (Å²) in [5.74, 6) is 1.72. The lowest BCUT2D eigenvalue weighted by atomic mass is 10.2. The first-order chi connectivity index (χ1) is 9.74. The van der Waals surface area contributed by atoms with Crippen LogP contribution in [0.1, 0.15) is 11.3 Å². The Kier molecular flexibility index (Phi) is 5.01. The standard InChI is InChI=1S/C15H21N3O2/c1-18-13(7-9-17-18)6-8-16-11-12-10-14(19-2)4-5-15(12)20-3/h4-5,7,9-10,16H,6,8,11H2,1-3H3.